The van der Waals surface area contributed by atoms with Crippen molar-refractivity contribution >= 4 is 33.7 Å². The number of thiazole rings is 2. The van der Waals surface area contributed by atoms with Crippen molar-refractivity contribution in [3.63, 3.8) is 0 Å². The second-order valence-corrected chi connectivity index (χ2v) is 6.45. The first-order valence-corrected chi connectivity index (χ1v) is 7.80. The molecule has 1 saturated heterocycles. The predicted octanol–water partition coefficient (Wildman–Crippen LogP) is 1.87. The predicted molar refractivity (Wildman–Crippen MR) is 77.1 cm³/mol. The summed E-state index contributed by atoms with van der Waals surface area (Å²) in [6.07, 6.45) is 3.49. The van der Waals surface area contributed by atoms with Crippen LogP contribution in [0.1, 0.15) is 14.7 Å². The fourth-order valence-corrected chi connectivity index (χ4v) is 3.53. The zero-order valence-corrected chi connectivity index (χ0v) is 12.2. The number of piperazine rings is 1. The largest absolute Gasteiger partial charge is 0.345 e. The molecule has 0 atom stereocenters. The second kappa shape index (κ2) is 5.26. The van der Waals surface area contributed by atoms with E-state index in [0.717, 1.165) is 41.2 Å². The van der Waals surface area contributed by atoms with Crippen LogP contribution in [-0.2, 0) is 0 Å². The molecule has 0 saturated carbocycles. The fourth-order valence-electron chi connectivity index (χ4n) is 2.09. The maximum absolute atomic E-state index is 12.3. The number of aromatic nitrogens is 2. The lowest BCUT2D eigenvalue weighted by Gasteiger charge is -2.34. The minimum Gasteiger partial charge on any atom is -0.345 e. The summed E-state index contributed by atoms with van der Waals surface area (Å²) >= 11 is 3.10. The van der Waals surface area contributed by atoms with Gasteiger partial charge in [-0.15, -0.1) is 22.7 Å². The summed E-state index contributed by atoms with van der Waals surface area (Å²) in [5, 5.41) is 3.96. The quantitative estimate of drug-likeness (QED) is 0.848. The molecule has 1 amide bonds. The number of rotatable bonds is 2. The third-order valence-electron chi connectivity index (χ3n) is 3.09. The van der Waals surface area contributed by atoms with Crippen LogP contribution in [0.25, 0.3) is 0 Å². The molecule has 1 aliphatic rings. The molecular weight excluding hydrogens is 280 g/mol. The molecule has 19 heavy (non-hydrogen) atoms. The smallest absolute Gasteiger partial charge is 0.265 e. The van der Waals surface area contributed by atoms with E-state index in [-0.39, 0.29) is 5.91 Å². The van der Waals surface area contributed by atoms with Gasteiger partial charge in [0.15, 0.2) is 5.13 Å². The Labute approximate surface area is 119 Å². The highest BCUT2D eigenvalue weighted by Crippen LogP contribution is 2.20. The van der Waals surface area contributed by atoms with E-state index in [0.29, 0.717) is 0 Å². The van der Waals surface area contributed by atoms with Crippen molar-refractivity contribution in [2.45, 2.75) is 6.92 Å². The van der Waals surface area contributed by atoms with Crippen LogP contribution >= 0.6 is 22.7 Å². The Bertz CT molecular complexity index is 558. The van der Waals surface area contributed by atoms with E-state index >= 15 is 0 Å². The highest BCUT2D eigenvalue weighted by Gasteiger charge is 2.24. The molecule has 2 aromatic heterocycles. The van der Waals surface area contributed by atoms with Crippen molar-refractivity contribution in [2.75, 3.05) is 31.1 Å². The maximum atomic E-state index is 12.3. The number of amides is 1. The van der Waals surface area contributed by atoms with Crippen LogP contribution < -0.4 is 4.90 Å². The zero-order valence-electron chi connectivity index (χ0n) is 10.6. The molecule has 0 unspecified atom stereocenters. The van der Waals surface area contributed by atoms with Gasteiger partial charge in [-0.2, -0.15) is 0 Å². The van der Waals surface area contributed by atoms with Gasteiger partial charge in [0.1, 0.15) is 4.88 Å². The number of hydrogen-bond acceptors (Lipinski definition) is 6. The van der Waals surface area contributed by atoms with Gasteiger partial charge in [-0.3, -0.25) is 4.79 Å². The Morgan fingerprint density at radius 1 is 1.26 bits per heavy atom. The van der Waals surface area contributed by atoms with E-state index in [1.807, 2.05) is 23.4 Å². The van der Waals surface area contributed by atoms with Gasteiger partial charge < -0.3 is 9.80 Å². The van der Waals surface area contributed by atoms with Crippen molar-refractivity contribution in [3.05, 3.63) is 27.7 Å². The molecule has 7 heteroatoms. The molecule has 0 bridgehead atoms. The number of anilines is 1. The second-order valence-electron chi connectivity index (χ2n) is 4.34. The van der Waals surface area contributed by atoms with E-state index in [1.165, 1.54) is 11.3 Å². The number of carbonyl (C=O) groups excluding carboxylic acids is 1. The van der Waals surface area contributed by atoms with Crippen LogP contribution in [0.5, 0.6) is 0 Å². The standard InChI is InChI=1S/C12H14N4OS2/c1-9-14-8-10(19-9)11(17)15-3-5-16(6-4-15)12-13-2-7-18-12/h2,7-8H,3-6H2,1H3. The highest BCUT2D eigenvalue weighted by atomic mass is 32.1. The molecule has 0 aliphatic carbocycles. The Kier molecular flexibility index (Phi) is 3.48. The van der Waals surface area contributed by atoms with Gasteiger partial charge >= 0.3 is 0 Å². The van der Waals surface area contributed by atoms with E-state index < -0.39 is 0 Å². The minimum atomic E-state index is 0.101. The number of nitrogens with zero attached hydrogens (tertiary/aromatic N) is 4. The molecule has 1 fully saturated rings. The van der Waals surface area contributed by atoms with Crippen molar-refractivity contribution < 1.29 is 4.79 Å². The average molecular weight is 294 g/mol. The van der Waals surface area contributed by atoms with Gasteiger partial charge in [-0.05, 0) is 6.92 Å². The lowest BCUT2D eigenvalue weighted by molar-refractivity contribution is 0.0751. The molecule has 100 valence electrons. The lowest BCUT2D eigenvalue weighted by atomic mass is 10.3. The molecule has 0 spiro atoms. The van der Waals surface area contributed by atoms with Gasteiger partial charge in [0, 0.05) is 37.8 Å². The zero-order chi connectivity index (χ0) is 13.2. The van der Waals surface area contributed by atoms with Crippen LogP contribution in [0.2, 0.25) is 0 Å². The van der Waals surface area contributed by atoms with E-state index in [1.54, 1.807) is 17.5 Å². The summed E-state index contributed by atoms with van der Waals surface area (Å²) in [7, 11) is 0. The minimum absolute atomic E-state index is 0.101. The third-order valence-corrected chi connectivity index (χ3v) is 4.82. The first kappa shape index (κ1) is 12.6. The van der Waals surface area contributed by atoms with Crippen molar-refractivity contribution in [1.82, 2.24) is 14.9 Å². The van der Waals surface area contributed by atoms with Gasteiger partial charge in [0.05, 0.1) is 11.2 Å². The van der Waals surface area contributed by atoms with E-state index in [2.05, 4.69) is 14.9 Å². The molecule has 0 N–H and O–H groups in total. The van der Waals surface area contributed by atoms with Gasteiger partial charge in [-0.25, -0.2) is 9.97 Å². The summed E-state index contributed by atoms with van der Waals surface area (Å²) in [4.78, 5) is 25.6. The topological polar surface area (TPSA) is 49.3 Å². The monoisotopic (exact) mass is 294 g/mol. The Morgan fingerprint density at radius 3 is 2.63 bits per heavy atom. The van der Waals surface area contributed by atoms with Gasteiger partial charge in [0.2, 0.25) is 0 Å². The normalized spacial score (nSPS) is 15.8. The van der Waals surface area contributed by atoms with E-state index in [4.69, 9.17) is 0 Å². The van der Waals surface area contributed by atoms with Crippen molar-refractivity contribution in [3.8, 4) is 0 Å². The molecule has 2 aromatic rings. The van der Waals surface area contributed by atoms with Gasteiger partial charge in [-0.1, -0.05) is 0 Å². The van der Waals surface area contributed by atoms with Crippen LogP contribution in [-0.4, -0.2) is 47.0 Å². The molecule has 0 radical (unpaired) electrons. The van der Waals surface area contributed by atoms with E-state index in [9.17, 15) is 4.79 Å². The van der Waals surface area contributed by atoms with Crippen molar-refractivity contribution in [2.24, 2.45) is 0 Å². The first-order valence-electron chi connectivity index (χ1n) is 6.10. The Morgan fingerprint density at radius 2 is 2.05 bits per heavy atom. The van der Waals surface area contributed by atoms with Crippen LogP contribution in [0.3, 0.4) is 0 Å². The maximum Gasteiger partial charge on any atom is 0.265 e. The van der Waals surface area contributed by atoms with Crippen LogP contribution in [0.15, 0.2) is 17.8 Å². The average Bonchev–Trinajstić information content (AvgIpc) is 3.09. The van der Waals surface area contributed by atoms with Crippen LogP contribution in [0, 0.1) is 6.92 Å². The Balaban J connectivity index is 1.62. The number of aryl methyl sites for hydroxylation is 1. The number of carbonyl (C=O) groups is 1. The molecular formula is C12H14N4OS2. The molecule has 3 rings (SSSR count). The number of hydrogen-bond donors (Lipinski definition) is 0. The highest BCUT2D eigenvalue weighted by molar-refractivity contribution is 7.13. The van der Waals surface area contributed by atoms with Crippen molar-refractivity contribution in [1.29, 1.82) is 0 Å². The summed E-state index contributed by atoms with van der Waals surface area (Å²) in [5.74, 6) is 0.101. The summed E-state index contributed by atoms with van der Waals surface area (Å²) in [6, 6.07) is 0. The SMILES string of the molecule is Cc1ncc(C(=O)N2CCN(c3nccs3)CC2)s1. The summed E-state index contributed by atoms with van der Waals surface area (Å²) in [5.41, 5.74) is 0. The fraction of sp³-hybridized carbons (Fsp3) is 0.417. The molecule has 3 heterocycles. The third kappa shape index (κ3) is 2.62. The molecule has 1 aliphatic heterocycles. The van der Waals surface area contributed by atoms with Gasteiger partial charge in [0.25, 0.3) is 5.91 Å². The Hall–Kier alpha value is -1.47. The first-order chi connectivity index (χ1) is 9.24. The lowest BCUT2D eigenvalue weighted by Crippen LogP contribution is -2.48. The molecule has 5 nitrogen and oxygen atoms in total. The summed E-state index contributed by atoms with van der Waals surface area (Å²) < 4.78 is 0. The van der Waals surface area contributed by atoms with Crippen LogP contribution in [0.4, 0.5) is 5.13 Å². The summed E-state index contributed by atoms with van der Waals surface area (Å²) in [6.45, 7) is 5.10. The molecule has 0 aromatic carbocycles.